The predicted octanol–water partition coefficient (Wildman–Crippen LogP) is 0.451. The zero-order chi connectivity index (χ0) is 11.4. The van der Waals surface area contributed by atoms with E-state index in [4.69, 9.17) is 10.4 Å². The molecule has 0 spiro atoms. The molecule has 0 aliphatic heterocycles. The molecule has 0 unspecified atom stereocenters. The average Bonchev–Trinajstić information content (AvgIpc) is 2.89. The van der Waals surface area contributed by atoms with Gasteiger partial charge in [-0.25, -0.2) is 4.68 Å². The van der Waals surface area contributed by atoms with E-state index in [1.54, 1.807) is 16.4 Å². The topological polar surface area (TPSA) is 87.6 Å². The van der Waals surface area contributed by atoms with Crippen molar-refractivity contribution in [3.05, 3.63) is 0 Å². The zero-order valence-corrected chi connectivity index (χ0v) is 9.65. The summed E-state index contributed by atoms with van der Waals surface area (Å²) in [6, 6.07) is 2.23. The molecule has 0 atom stereocenters. The van der Waals surface area contributed by atoms with Crippen LogP contribution in [-0.4, -0.2) is 37.7 Å². The molecule has 1 aliphatic rings. The standard InChI is InChI=1S/C9H13N5OS/c10-4-3-9(1-2-9)7-16-8-11-12-13-14(8)5-6-15/h15H,1-3,5-7H2. The Bertz CT molecular complexity index is 395. The summed E-state index contributed by atoms with van der Waals surface area (Å²) in [5, 5.41) is 29.5. The number of rotatable bonds is 6. The van der Waals surface area contributed by atoms with Crippen LogP contribution in [0.2, 0.25) is 0 Å². The number of hydrogen-bond acceptors (Lipinski definition) is 6. The molecule has 0 amide bonds. The molecule has 0 radical (unpaired) electrons. The summed E-state index contributed by atoms with van der Waals surface area (Å²) >= 11 is 1.57. The maximum absolute atomic E-state index is 8.82. The molecule has 1 aromatic rings. The van der Waals surface area contributed by atoms with Crippen molar-refractivity contribution in [1.29, 1.82) is 5.26 Å². The van der Waals surface area contributed by atoms with Crippen LogP contribution in [0.25, 0.3) is 0 Å². The molecule has 86 valence electrons. The van der Waals surface area contributed by atoms with E-state index in [2.05, 4.69) is 21.6 Å². The lowest BCUT2D eigenvalue weighted by molar-refractivity contribution is 0.262. The van der Waals surface area contributed by atoms with Crippen molar-refractivity contribution in [2.24, 2.45) is 5.41 Å². The number of aromatic nitrogens is 4. The minimum absolute atomic E-state index is 0.0297. The summed E-state index contributed by atoms with van der Waals surface area (Å²) in [5.41, 5.74) is 0.190. The molecule has 7 heteroatoms. The van der Waals surface area contributed by atoms with E-state index < -0.39 is 0 Å². The molecule has 1 aliphatic carbocycles. The van der Waals surface area contributed by atoms with Gasteiger partial charge in [-0.15, -0.1) is 5.10 Å². The van der Waals surface area contributed by atoms with Crippen LogP contribution < -0.4 is 0 Å². The van der Waals surface area contributed by atoms with Crippen molar-refractivity contribution in [3.63, 3.8) is 0 Å². The summed E-state index contributed by atoms with van der Waals surface area (Å²) in [7, 11) is 0. The molecular weight excluding hydrogens is 226 g/mol. The summed E-state index contributed by atoms with van der Waals surface area (Å²) in [6.45, 7) is 0.447. The van der Waals surface area contributed by atoms with Gasteiger partial charge in [0.2, 0.25) is 5.16 Å². The molecule has 1 aromatic heterocycles. The molecule has 1 saturated carbocycles. The van der Waals surface area contributed by atoms with Crippen LogP contribution >= 0.6 is 11.8 Å². The van der Waals surface area contributed by atoms with Gasteiger partial charge in [0.05, 0.1) is 19.2 Å². The highest BCUT2D eigenvalue weighted by atomic mass is 32.2. The smallest absolute Gasteiger partial charge is 0.209 e. The van der Waals surface area contributed by atoms with Gasteiger partial charge in [0.15, 0.2) is 0 Å². The van der Waals surface area contributed by atoms with Gasteiger partial charge in [-0.3, -0.25) is 0 Å². The second kappa shape index (κ2) is 4.80. The second-order valence-electron chi connectivity index (χ2n) is 4.03. The number of nitriles is 1. The Morgan fingerprint density at radius 2 is 2.38 bits per heavy atom. The SMILES string of the molecule is N#CCC1(CSc2nnnn2CCO)CC1. The summed E-state index contributed by atoms with van der Waals surface area (Å²) in [6.07, 6.45) is 2.85. The molecule has 1 fully saturated rings. The van der Waals surface area contributed by atoms with Gasteiger partial charge in [0, 0.05) is 12.2 Å². The van der Waals surface area contributed by atoms with Crippen molar-refractivity contribution >= 4 is 11.8 Å². The van der Waals surface area contributed by atoms with Gasteiger partial charge in [-0.05, 0) is 28.7 Å². The third kappa shape index (κ3) is 2.51. The summed E-state index contributed by atoms with van der Waals surface area (Å²) < 4.78 is 1.59. The van der Waals surface area contributed by atoms with Crippen LogP contribution in [0.5, 0.6) is 0 Å². The highest BCUT2D eigenvalue weighted by Gasteiger charge is 2.42. The summed E-state index contributed by atoms with van der Waals surface area (Å²) in [4.78, 5) is 0. The fraction of sp³-hybridized carbons (Fsp3) is 0.778. The molecular formula is C9H13N5OS. The van der Waals surface area contributed by atoms with Gasteiger partial charge in [-0.1, -0.05) is 11.8 Å². The highest BCUT2D eigenvalue weighted by Crippen LogP contribution is 2.51. The number of nitrogens with zero attached hydrogens (tertiary/aromatic N) is 5. The fourth-order valence-corrected chi connectivity index (χ4v) is 2.67. The van der Waals surface area contributed by atoms with E-state index in [0.29, 0.717) is 13.0 Å². The molecule has 0 aromatic carbocycles. The predicted molar refractivity (Wildman–Crippen MR) is 57.5 cm³/mol. The lowest BCUT2D eigenvalue weighted by Crippen LogP contribution is -2.08. The van der Waals surface area contributed by atoms with Crippen LogP contribution in [0.15, 0.2) is 5.16 Å². The lowest BCUT2D eigenvalue weighted by atomic mass is 10.1. The van der Waals surface area contributed by atoms with E-state index in [1.807, 2.05) is 0 Å². The number of tetrazole rings is 1. The first-order valence-electron chi connectivity index (χ1n) is 5.16. The minimum atomic E-state index is 0.0297. The molecule has 16 heavy (non-hydrogen) atoms. The van der Waals surface area contributed by atoms with Crippen molar-refractivity contribution in [2.75, 3.05) is 12.4 Å². The molecule has 2 rings (SSSR count). The Morgan fingerprint density at radius 3 is 3.00 bits per heavy atom. The van der Waals surface area contributed by atoms with E-state index in [0.717, 1.165) is 23.8 Å². The van der Waals surface area contributed by atoms with Crippen LogP contribution in [-0.2, 0) is 6.54 Å². The number of hydrogen-bond donors (Lipinski definition) is 1. The molecule has 0 bridgehead atoms. The van der Waals surface area contributed by atoms with Gasteiger partial charge in [0.1, 0.15) is 0 Å². The maximum Gasteiger partial charge on any atom is 0.209 e. The average molecular weight is 239 g/mol. The minimum Gasteiger partial charge on any atom is -0.394 e. The van der Waals surface area contributed by atoms with Crippen molar-refractivity contribution in [1.82, 2.24) is 20.2 Å². The fourth-order valence-electron chi connectivity index (χ4n) is 1.47. The Hall–Kier alpha value is -1.13. The van der Waals surface area contributed by atoms with E-state index in [1.165, 1.54) is 0 Å². The first-order chi connectivity index (χ1) is 7.79. The van der Waals surface area contributed by atoms with Crippen molar-refractivity contribution in [2.45, 2.75) is 31.0 Å². The lowest BCUT2D eigenvalue weighted by Gasteiger charge is -2.09. The van der Waals surface area contributed by atoms with E-state index >= 15 is 0 Å². The van der Waals surface area contributed by atoms with Gasteiger partial charge < -0.3 is 5.11 Å². The highest BCUT2D eigenvalue weighted by molar-refractivity contribution is 7.99. The van der Waals surface area contributed by atoms with E-state index in [9.17, 15) is 0 Å². The van der Waals surface area contributed by atoms with E-state index in [-0.39, 0.29) is 12.0 Å². The normalized spacial score (nSPS) is 17.0. The van der Waals surface area contributed by atoms with Gasteiger partial charge in [-0.2, -0.15) is 5.26 Å². The Morgan fingerprint density at radius 1 is 1.56 bits per heavy atom. The van der Waals surface area contributed by atoms with Crippen LogP contribution in [0.1, 0.15) is 19.3 Å². The van der Waals surface area contributed by atoms with Gasteiger partial charge >= 0.3 is 0 Å². The molecule has 1 N–H and O–H groups in total. The molecule has 0 saturated heterocycles. The van der Waals surface area contributed by atoms with Crippen LogP contribution in [0.4, 0.5) is 0 Å². The largest absolute Gasteiger partial charge is 0.394 e. The number of aliphatic hydroxyl groups is 1. The third-order valence-electron chi connectivity index (χ3n) is 2.73. The maximum atomic E-state index is 8.82. The summed E-state index contributed by atoms with van der Waals surface area (Å²) in [5.74, 6) is 0.881. The number of thioether (sulfide) groups is 1. The van der Waals surface area contributed by atoms with Crippen LogP contribution in [0, 0.1) is 16.7 Å². The number of aliphatic hydroxyl groups excluding tert-OH is 1. The van der Waals surface area contributed by atoms with Crippen LogP contribution in [0.3, 0.4) is 0 Å². The third-order valence-corrected chi connectivity index (χ3v) is 4.04. The van der Waals surface area contributed by atoms with Crippen molar-refractivity contribution < 1.29 is 5.11 Å². The zero-order valence-electron chi connectivity index (χ0n) is 8.83. The Kier molecular flexibility index (Phi) is 3.41. The molecule has 6 nitrogen and oxygen atoms in total. The second-order valence-corrected chi connectivity index (χ2v) is 4.97. The Labute approximate surface area is 97.6 Å². The Balaban J connectivity index is 1.90. The quantitative estimate of drug-likeness (QED) is 0.725. The first kappa shape index (κ1) is 11.4. The molecule has 1 heterocycles. The first-order valence-corrected chi connectivity index (χ1v) is 6.15. The van der Waals surface area contributed by atoms with Crippen molar-refractivity contribution in [3.8, 4) is 6.07 Å². The van der Waals surface area contributed by atoms with Gasteiger partial charge in [0.25, 0.3) is 0 Å². The monoisotopic (exact) mass is 239 g/mol.